The van der Waals surface area contributed by atoms with Crippen molar-refractivity contribution in [3.63, 3.8) is 0 Å². The molecule has 0 fully saturated rings. The van der Waals surface area contributed by atoms with Crippen LogP contribution in [0.15, 0.2) is 40.9 Å². The zero-order chi connectivity index (χ0) is 17.1. The number of aromatic carboxylic acids is 1. The van der Waals surface area contributed by atoms with E-state index in [2.05, 4.69) is 21.2 Å². The lowest BCUT2D eigenvalue weighted by atomic mass is 10.1. The molecule has 2 aromatic rings. The molecule has 0 aliphatic heterocycles. The van der Waals surface area contributed by atoms with E-state index < -0.39 is 16.8 Å². The Morgan fingerprint density at radius 2 is 1.87 bits per heavy atom. The van der Waals surface area contributed by atoms with Crippen LogP contribution >= 0.6 is 15.9 Å². The van der Waals surface area contributed by atoms with E-state index in [9.17, 15) is 24.8 Å². The second-order valence-corrected chi connectivity index (χ2v) is 5.55. The number of halogens is 1. The number of hydrogen-bond acceptors (Lipinski definition) is 5. The Bertz CT molecular complexity index is 820. The van der Waals surface area contributed by atoms with Crippen molar-refractivity contribution in [1.29, 1.82) is 0 Å². The number of anilines is 1. The molecule has 0 spiro atoms. The molecule has 2 rings (SSSR count). The molecule has 0 saturated carbocycles. The van der Waals surface area contributed by atoms with E-state index in [1.165, 1.54) is 37.3 Å². The molecular formula is C15H10BrN2O5-. The van der Waals surface area contributed by atoms with E-state index in [4.69, 9.17) is 0 Å². The maximum Gasteiger partial charge on any atom is 0.273 e. The zero-order valence-electron chi connectivity index (χ0n) is 11.8. The van der Waals surface area contributed by atoms with Gasteiger partial charge >= 0.3 is 0 Å². The molecule has 8 heteroatoms. The Morgan fingerprint density at radius 1 is 1.17 bits per heavy atom. The summed E-state index contributed by atoms with van der Waals surface area (Å²) >= 11 is 3.13. The zero-order valence-corrected chi connectivity index (χ0v) is 13.4. The standard InChI is InChI=1S/C15H11BrN2O5/c1-8-10(3-2-4-13(8)18(22)23)14(19)17-12-6-5-9(16)7-11(12)15(20)21/h2-7H,1H3,(H,17,19)(H,20,21)/p-1. The van der Waals surface area contributed by atoms with Crippen LogP contribution in [0, 0.1) is 17.0 Å². The lowest BCUT2D eigenvalue weighted by molar-refractivity contribution is -0.385. The fourth-order valence-corrected chi connectivity index (χ4v) is 2.41. The number of amides is 1. The van der Waals surface area contributed by atoms with Crippen molar-refractivity contribution in [2.45, 2.75) is 6.92 Å². The van der Waals surface area contributed by atoms with E-state index in [0.717, 1.165) is 0 Å². The minimum atomic E-state index is -1.45. The predicted molar refractivity (Wildman–Crippen MR) is 84.3 cm³/mol. The molecule has 1 N–H and O–H groups in total. The van der Waals surface area contributed by atoms with Gasteiger partial charge in [-0.3, -0.25) is 14.9 Å². The minimum absolute atomic E-state index is 0.0455. The maximum absolute atomic E-state index is 12.3. The van der Waals surface area contributed by atoms with Crippen molar-refractivity contribution >= 4 is 39.2 Å². The summed E-state index contributed by atoms with van der Waals surface area (Å²) in [6.45, 7) is 1.45. The molecule has 0 aliphatic rings. The lowest BCUT2D eigenvalue weighted by Crippen LogP contribution is -2.25. The number of nitro benzene ring substituents is 1. The lowest BCUT2D eigenvalue weighted by Gasteiger charge is -2.13. The quantitative estimate of drug-likeness (QED) is 0.648. The van der Waals surface area contributed by atoms with Gasteiger partial charge in [0.2, 0.25) is 0 Å². The van der Waals surface area contributed by atoms with Gasteiger partial charge in [-0.1, -0.05) is 22.0 Å². The van der Waals surface area contributed by atoms with Crippen LogP contribution in [0.5, 0.6) is 0 Å². The molecule has 2 aromatic carbocycles. The fraction of sp³-hybridized carbons (Fsp3) is 0.0667. The normalized spacial score (nSPS) is 10.2. The van der Waals surface area contributed by atoms with Crippen molar-refractivity contribution in [3.8, 4) is 0 Å². The number of hydrogen-bond donors (Lipinski definition) is 1. The first-order chi connectivity index (χ1) is 10.8. The number of nitrogens with one attached hydrogen (secondary N) is 1. The molecule has 0 radical (unpaired) electrons. The third-order valence-electron chi connectivity index (χ3n) is 3.20. The summed E-state index contributed by atoms with van der Waals surface area (Å²) in [6, 6.07) is 8.36. The average molecular weight is 378 g/mol. The van der Waals surface area contributed by atoms with E-state index >= 15 is 0 Å². The molecule has 0 aromatic heterocycles. The molecule has 1 amide bonds. The first-order valence-corrected chi connectivity index (χ1v) is 7.17. The highest BCUT2D eigenvalue weighted by molar-refractivity contribution is 9.10. The SMILES string of the molecule is Cc1c(C(=O)Nc2ccc(Br)cc2C(=O)[O-])cccc1[N+](=O)[O-]. The summed E-state index contributed by atoms with van der Waals surface area (Å²) in [4.78, 5) is 33.8. The van der Waals surface area contributed by atoms with Crippen LogP contribution in [0.3, 0.4) is 0 Å². The third kappa shape index (κ3) is 3.54. The largest absolute Gasteiger partial charge is 0.545 e. The summed E-state index contributed by atoms with van der Waals surface area (Å²) in [5, 5.41) is 24.5. The van der Waals surface area contributed by atoms with Gasteiger partial charge < -0.3 is 15.2 Å². The Morgan fingerprint density at radius 3 is 2.48 bits per heavy atom. The number of benzene rings is 2. The Balaban J connectivity index is 2.39. The van der Waals surface area contributed by atoms with Gasteiger partial charge in [0.15, 0.2) is 0 Å². The van der Waals surface area contributed by atoms with Gasteiger partial charge in [-0.05, 0) is 31.2 Å². The van der Waals surface area contributed by atoms with Crippen molar-refractivity contribution < 1.29 is 19.6 Å². The number of rotatable bonds is 4. The van der Waals surface area contributed by atoms with E-state index in [-0.39, 0.29) is 28.1 Å². The minimum Gasteiger partial charge on any atom is -0.545 e. The summed E-state index contributed by atoms with van der Waals surface area (Å²) in [6.07, 6.45) is 0. The van der Waals surface area contributed by atoms with Crippen molar-refractivity contribution in [2.75, 3.05) is 5.32 Å². The third-order valence-corrected chi connectivity index (χ3v) is 3.69. The van der Waals surface area contributed by atoms with E-state index in [0.29, 0.717) is 4.47 Å². The van der Waals surface area contributed by atoms with Crippen LogP contribution < -0.4 is 10.4 Å². The Labute approximate surface area is 139 Å². The van der Waals surface area contributed by atoms with Crippen molar-refractivity contribution in [1.82, 2.24) is 0 Å². The first-order valence-electron chi connectivity index (χ1n) is 6.37. The van der Waals surface area contributed by atoms with Crippen LogP contribution in [-0.4, -0.2) is 16.8 Å². The molecule has 0 atom stereocenters. The summed E-state index contributed by atoms with van der Waals surface area (Å²) in [7, 11) is 0. The average Bonchev–Trinajstić information content (AvgIpc) is 2.48. The van der Waals surface area contributed by atoms with Crippen molar-refractivity contribution in [2.24, 2.45) is 0 Å². The molecule has 0 unspecified atom stereocenters. The van der Waals surface area contributed by atoms with Gasteiger partial charge in [-0.2, -0.15) is 0 Å². The number of carboxylic acids is 1. The predicted octanol–water partition coefficient (Wildman–Crippen LogP) is 2.28. The Kier molecular flexibility index (Phi) is 4.75. The summed E-state index contributed by atoms with van der Waals surface area (Å²) < 4.78 is 0.515. The van der Waals surface area contributed by atoms with E-state index in [1.807, 2.05) is 0 Å². The second kappa shape index (κ2) is 6.57. The highest BCUT2D eigenvalue weighted by Crippen LogP contribution is 2.24. The van der Waals surface area contributed by atoms with Gasteiger partial charge in [0.05, 0.1) is 16.6 Å². The number of nitro groups is 1. The van der Waals surface area contributed by atoms with Gasteiger partial charge in [0.25, 0.3) is 11.6 Å². The highest BCUT2D eigenvalue weighted by atomic mass is 79.9. The summed E-state index contributed by atoms with van der Waals surface area (Å²) in [5.41, 5.74) is -0.0537. The van der Waals surface area contributed by atoms with Gasteiger partial charge in [-0.15, -0.1) is 0 Å². The van der Waals surface area contributed by atoms with Crippen LogP contribution in [-0.2, 0) is 0 Å². The second-order valence-electron chi connectivity index (χ2n) is 4.64. The van der Waals surface area contributed by atoms with Gasteiger partial charge in [0.1, 0.15) is 0 Å². The molecular weight excluding hydrogens is 368 g/mol. The molecule has 7 nitrogen and oxygen atoms in total. The summed E-state index contributed by atoms with van der Waals surface area (Å²) in [5.74, 6) is -2.09. The number of carbonyl (C=O) groups is 2. The van der Waals surface area contributed by atoms with E-state index in [1.54, 1.807) is 6.07 Å². The Hall–Kier alpha value is -2.74. The molecule has 118 valence electrons. The monoisotopic (exact) mass is 377 g/mol. The fourth-order valence-electron chi connectivity index (χ4n) is 2.05. The van der Waals surface area contributed by atoms with Crippen molar-refractivity contribution in [3.05, 3.63) is 67.7 Å². The highest BCUT2D eigenvalue weighted by Gasteiger charge is 2.18. The van der Waals surface area contributed by atoms with Gasteiger partial charge in [-0.25, -0.2) is 0 Å². The molecule has 0 bridgehead atoms. The molecule has 0 saturated heterocycles. The number of nitrogens with zero attached hydrogens (tertiary/aromatic N) is 1. The van der Waals surface area contributed by atoms with Crippen LogP contribution in [0.25, 0.3) is 0 Å². The first kappa shape index (κ1) is 16.6. The van der Waals surface area contributed by atoms with Crippen LogP contribution in [0.4, 0.5) is 11.4 Å². The number of carboxylic acid groups (broad SMARTS) is 1. The smallest absolute Gasteiger partial charge is 0.273 e. The molecule has 0 heterocycles. The molecule has 23 heavy (non-hydrogen) atoms. The maximum atomic E-state index is 12.3. The van der Waals surface area contributed by atoms with Gasteiger partial charge in [0, 0.05) is 27.2 Å². The molecule has 0 aliphatic carbocycles. The van der Waals surface area contributed by atoms with Crippen LogP contribution in [0.2, 0.25) is 0 Å². The topological polar surface area (TPSA) is 112 Å². The van der Waals surface area contributed by atoms with Crippen LogP contribution in [0.1, 0.15) is 26.3 Å². The number of carbonyl (C=O) groups excluding carboxylic acids is 2.